The Morgan fingerprint density at radius 1 is 1.22 bits per heavy atom. The first-order chi connectivity index (χ1) is 8.70. The van der Waals surface area contributed by atoms with Gasteiger partial charge >= 0.3 is 0 Å². The van der Waals surface area contributed by atoms with E-state index >= 15 is 0 Å². The predicted octanol–water partition coefficient (Wildman–Crippen LogP) is 3.49. The first-order valence-electron chi connectivity index (χ1n) is 7.36. The molecule has 1 atom stereocenters. The summed E-state index contributed by atoms with van der Waals surface area (Å²) in [4.78, 5) is 4.44. The first kappa shape index (κ1) is 12.2. The van der Waals surface area contributed by atoms with E-state index in [1.165, 1.54) is 44.9 Å². The van der Waals surface area contributed by atoms with Crippen LogP contribution in [0.3, 0.4) is 0 Å². The Balaban J connectivity index is 1.57. The van der Waals surface area contributed by atoms with Gasteiger partial charge in [-0.25, -0.2) is 4.98 Å². The van der Waals surface area contributed by atoms with Crippen LogP contribution in [0.25, 0.3) is 0 Å². The number of nitrogens with one attached hydrogen (secondary N) is 1. The summed E-state index contributed by atoms with van der Waals surface area (Å²) in [5.74, 6) is 1.80. The van der Waals surface area contributed by atoms with Crippen molar-refractivity contribution in [2.75, 3.05) is 0 Å². The summed E-state index contributed by atoms with van der Waals surface area (Å²) in [6.45, 7) is 4.78. The van der Waals surface area contributed by atoms with E-state index in [-0.39, 0.29) is 0 Å². The summed E-state index contributed by atoms with van der Waals surface area (Å²) < 4.78 is 5.64. The van der Waals surface area contributed by atoms with Gasteiger partial charge in [-0.15, -0.1) is 0 Å². The Morgan fingerprint density at radius 2 is 2.00 bits per heavy atom. The SMILES string of the molecule is Cc1nc(CNC2CCC23CCCCC3)oc1C. The van der Waals surface area contributed by atoms with Gasteiger partial charge in [-0.2, -0.15) is 0 Å². The maximum Gasteiger partial charge on any atom is 0.208 e. The largest absolute Gasteiger partial charge is 0.444 e. The van der Waals surface area contributed by atoms with Crippen LogP contribution in [0.15, 0.2) is 4.42 Å². The molecule has 1 aromatic heterocycles. The van der Waals surface area contributed by atoms with E-state index in [1.54, 1.807) is 0 Å². The highest BCUT2D eigenvalue weighted by Crippen LogP contribution is 2.51. The Hall–Kier alpha value is -0.830. The number of hydrogen-bond acceptors (Lipinski definition) is 3. The fourth-order valence-corrected chi connectivity index (χ4v) is 3.70. The van der Waals surface area contributed by atoms with Crippen LogP contribution < -0.4 is 5.32 Å². The van der Waals surface area contributed by atoms with E-state index in [9.17, 15) is 0 Å². The van der Waals surface area contributed by atoms with E-state index in [0.717, 1.165) is 23.9 Å². The summed E-state index contributed by atoms with van der Waals surface area (Å²) >= 11 is 0. The van der Waals surface area contributed by atoms with Crippen molar-refractivity contribution in [1.82, 2.24) is 10.3 Å². The van der Waals surface area contributed by atoms with Gasteiger partial charge in [-0.05, 0) is 44.9 Å². The van der Waals surface area contributed by atoms with Crippen LogP contribution in [-0.2, 0) is 6.54 Å². The summed E-state index contributed by atoms with van der Waals surface area (Å²) in [6, 6.07) is 0.699. The smallest absolute Gasteiger partial charge is 0.208 e. The zero-order chi connectivity index (χ0) is 12.6. The summed E-state index contributed by atoms with van der Waals surface area (Å²) in [5.41, 5.74) is 1.64. The third-order valence-electron chi connectivity index (χ3n) is 5.09. The highest BCUT2D eigenvalue weighted by Gasteiger charge is 2.46. The second kappa shape index (κ2) is 4.69. The van der Waals surface area contributed by atoms with Crippen molar-refractivity contribution in [1.29, 1.82) is 0 Å². The molecule has 1 spiro atoms. The molecule has 0 aromatic carbocycles. The molecule has 3 rings (SSSR count). The molecule has 100 valence electrons. The molecule has 3 nitrogen and oxygen atoms in total. The maximum absolute atomic E-state index is 5.64. The predicted molar refractivity (Wildman–Crippen MR) is 71.4 cm³/mol. The molecular weight excluding hydrogens is 224 g/mol. The summed E-state index contributed by atoms with van der Waals surface area (Å²) in [5, 5.41) is 3.68. The quantitative estimate of drug-likeness (QED) is 0.889. The highest BCUT2D eigenvalue weighted by molar-refractivity contribution is 5.06. The van der Waals surface area contributed by atoms with E-state index in [1.807, 2.05) is 13.8 Å². The average molecular weight is 248 g/mol. The van der Waals surface area contributed by atoms with Gasteiger partial charge in [0.25, 0.3) is 0 Å². The van der Waals surface area contributed by atoms with E-state index in [0.29, 0.717) is 11.5 Å². The maximum atomic E-state index is 5.64. The second-order valence-corrected chi connectivity index (χ2v) is 6.14. The van der Waals surface area contributed by atoms with Crippen LogP contribution in [-0.4, -0.2) is 11.0 Å². The fraction of sp³-hybridized carbons (Fsp3) is 0.800. The zero-order valence-corrected chi connectivity index (χ0v) is 11.6. The number of aryl methyl sites for hydroxylation is 2. The Morgan fingerprint density at radius 3 is 2.56 bits per heavy atom. The Labute approximate surface area is 109 Å². The molecule has 0 saturated heterocycles. The topological polar surface area (TPSA) is 38.1 Å². The number of hydrogen-bond donors (Lipinski definition) is 1. The normalized spacial score (nSPS) is 26.2. The number of aromatic nitrogens is 1. The van der Waals surface area contributed by atoms with Crippen molar-refractivity contribution in [3.05, 3.63) is 17.3 Å². The molecule has 2 aliphatic rings. The second-order valence-electron chi connectivity index (χ2n) is 6.14. The Kier molecular flexibility index (Phi) is 3.18. The molecule has 0 aliphatic heterocycles. The molecular formula is C15H24N2O. The molecule has 3 heteroatoms. The lowest BCUT2D eigenvalue weighted by molar-refractivity contribution is 0.0209. The van der Waals surface area contributed by atoms with Crippen LogP contribution in [0.1, 0.15) is 62.3 Å². The van der Waals surface area contributed by atoms with Crippen molar-refractivity contribution in [3.63, 3.8) is 0 Å². The standard InChI is InChI=1S/C15H24N2O/c1-11-12(2)18-14(17-11)10-16-13-6-9-15(13)7-4-3-5-8-15/h13,16H,3-10H2,1-2H3. The molecule has 1 unspecified atom stereocenters. The van der Waals surface area contributed by atoms with Gasteiger partial charge < -0.3 is 9.73 Å². The fourth-order valence-electron chi connectivity index (χ4n) is 3.70. The van der Waals surface area contributed by atoms with Crippen molar-refractivity contribution < 1.29 is 4.42 Å². The summed E-state index contributed by atoms with van der Waals surface area (Å²) in [6.07, 6.45) is 9.90. The van der Waals surface area contributed by atoms with Crippen LogP contribution in [0.5, 0.6) is 0 Å². The Bertz CT molecular complexity index is 399. The third-order valence-corrected chi connectivity index (χ3v) is 5.09. The van der Waals surface area contributed by atoms with Gasteiger partial charge in [-0.3, -0.25) is 0 Å². The van der Waals surface area contributed by atoms with Gasteiger partial charge in [0.1, 0.15) is 5.76 Å². The first-order valence-corrected chi connectivity index (χ1v) is 7.36. The van der Waals surface area contributed by atoms with Crippen LogP contribution in [0, 0.1) is 19.3 Å². The van der Waals surface area contributed by atoms with Crippen LogP contribution in [0.4, 0.5) is 0 Å². The third kappa shape index (κ3) is 2.09. The molecule has 1 N–H and O–H groups in total. The lowest BCUT2D eigenvalue weighted by atomic mass is 9.57. The van der Waals surface area contributed by atoms with Crippen LogP contribution in [0.2, 0.25) is 0 Å². The van der Waals surface area contributed by atoms with Crippen molar-refractivity contribution >= 4 is 0 Å². The molecule has 2 fully saturated rings. The van der Waals surface area contributed by atoms with Gasteiger partial charge in [0.05, 0.1) is 12.2 Å². The monoisotopic (exact) mass is 248 g/mol. The molecule has 1 aromatic rings. The molecule has 1 heterocycles. The highest BCUT2D eigenvalue weighted by atomic mass is 16.4. The van der Waals surface area contributed by atoms with E-state index in [4.69, 9.17) is 4.42 Å². The minimum Gasteiger partial charge on any atom is -0.444 e. The van der Waals surface area contributed by atoms with E-state index in [2.05, 4.69) is 10.3 Å². The average Bonchev–Trinajstić information content (AvgIpc) is 2.69. The molecule has 0 radical (unpaired) electrons. The lowest BCUT2D eigenvalue weighted by Crippen LogP contribution is -2.54. The zero-order valence-electron chi connectivity index (χ0n) is 11.6. The molecule has 0 amide bonds. The van der Waals surface area contributed by atoms with Crippen molar-refractivity contribution in [2.24, 2.45) is 5.41 Å². The number of oxazole rings is 1. The minimum absolute atomic E-state index is 0.620. The van der Waals surface area contributed by atoms with Gasteiger partial charge in [0, 0.05) is 6.04 Å². The van der Waals surface area contributed by atoms with Crippen molar-refractivity contribution in [3.8, 4) is 0 Å². The van der Waals surface area contributed by atoms with Crippen LogP contribution >= 0.6 is 0 Å². The van der Waals surface area contributed by atoms with Gasteiger partial charge in [0.2, 0.25) is 5.89 Å². The lowest BCUT2D eigenvalue weighted by Gasteiger charge is -2.52. The molecule has 2 saturated carbocycles. The van der Waals surface area contributed by atoms with Gasteiger partial charge in [0.15, 0.2) is 0 Å². The van der Waals surface area contributed by atoms with Gasteiger partial charge in [-0.1, -0.05) is 19.3 Å². The molecule has 18 heavy (non-hydrogen) atoms. The van der Waals surface area contributed by atoms with Crippen molar-refractivity contribution in [2.45, 2.75) is 71.4 Å². The number of rotatable bonds is 3. The minimum atomic E-state index is 0.620. The van der Waals surface area contributed by atoms with E-state index < -0.39 is 0 Å². The molecule has 2 aliphatic carbocycles. The summed E-state index contributed by atoms with van der Waals surface area (Å²) in [7, 11) is 0. The number of nitrogens with zero attached hydrogens (tertiary/aromatic N) is 1. The molecule has 0 bridgehead atoms.